The van der Waals surface area contributed by atoms with Gasteiger partial charge in [-0.05, 0) is 52.0 Å². The van der Waals surface area contributed by atoms with Crippen LogP contribution in [0.5, 0.6) is 0 Å². The van der Waals surface area contributed by atoms with Crippen LogP contribution >= 0.6 is 43.2 Å². The molecule has 0 radical (unpaired) electrons. The van der Waals surface area contributed by atoms with Gasteiger partial charge in [0.1, 0.15) is 5.82 Å². The van der Waals surface area contributed by atoms with Gasteiger partial charge in [-0.2, -0.15) is 11.3 Å². The van der Waals surface area contributed by atoms with Gasteiger partial charge in [0.25, 0.3) is 0 Å². The Morgan fingerprint density at radius 2 is 2.05 bits per heavy atom. The zero-order valence-corrected chi connectivity index (χ0v) is 14.4. The van der Waals surface area contributed by atoms with Crippen LogP contribution in [0.15, 0.2) is 37.9 Å². The Morgan fingerprint density at radius 3 is 2.63 bits per heavy atom. The lowest BCUT2D eigenvalue weighted by Gasteiger charge is -2.19. The molecule has 0 spiro atoms. The second-order valence-electron chi connectivity index (χ2n) is 4.23. The fourth-order valence-corrected chi connectivity index (χ4v) is 3.79. The minimum atomic E-state index is -0.193. The third kappa shape index (κ3) is 3.66. The van der Waals surface area contributed by atoms with Crippen molar-refractivity contribution in [3.8, 4) is 0 Å². The van der Waals surface area contributed by atoms with E-state index >= 15 is 0 Å². The fourth-order valence-electron chi connectivity index (χ4n) is 1.91. The Hall–Kier alpha value is -0.230. The van der Waals surface area contributed by atoms with Crippen LogP contribution in [0.2, 0.25) is 0 Å². The Labute approximate surface area is 133 Å². The van der Waals surface area contributed by atoms with E-state index < -0.39 is 0 Å². The van der Waals surface area contributed by atoms with Crippen molar-refractivity contribution in [2.45, 2.75) is 19.4 Å². The molecule has 1 aromatic heterocycles. The lowest BCUT2D eigenvalue weighted by molar-refractivity contribution is 0.546. The van der Waals surface area contributed by atoms with Gasteiger partial charge in [-0.15, -0.1) is 0 Å². The van der Waals surface area contributed by atoms with Gasteiger partial charge in [0.2, 0.25) is 0 Å². The molecule has 19 heavy (non-hydrogen) atoms. The zero-order valence-electron chi connectivity index (χ0n) is 10.4. The predicted octanol–water partition coefficient (Wildman–Crippen LogP) is 5.50. The van der Waals surface area contributed by atoms with E-state index in [4.69, 9.17) is 0 Å². The first-order chi connectivity index (χ1) is 9.13. The number of rotatable bonds is 5. The number of thiophene rings is 1. The lowest BCUT2D eigenvalue weighted by atomic mass is 10.0. The smallest absolute Gasteiger partial charge is 0.129 e. The summed E-state index contributed by atoms with van der Waals surface area (Å²) in [6.07, 6.45) is 1.01. The third-order valence-corrected chi connectivity index (χ3v) is 5.07. The Bertz CT molecular complexity index is 556. The molecule has 1 unspecified atom stereocenters. The molecule has 1 aromatic carbocycles. The predicted molar refractivity (Wildman–Crippen MR) is 86.3 cm³/mol. The highest BCUT2D eigenvalue weighted by atomic mass is 79.9. The van der Waals surface area contributed by atoms with Crippen molar-refractivity contribution >= 4 is 43.2 Å². The van der Waals surface area contributed by atoms with Crippen LogP contribution in [0.4, 0.5) is 4.39 Å². The molecule has 0 aliphatic heterocycles. The van der Waals surface area contributed by atoms with E-state index in [1.165, 1.54) is 6.07 Å². The van der Waals surface area contributed by atoms with Gasteiger partial charge < -0.3 is 5.32 Å². The summed E-state index contributed by atoms with van der Waals surface area (Å²) in [4.78, 5) is 0. The second kappa shape index (κ2) is 6.97. The van der Waals surface area contributed by atoms with E-state index in [0.29, 0.717) is 5.56 Å². The molecular weight excluding hydrogens is 393 g/mol. The van der Waals surface area contributed by atoms with Crippen molar-refractivity contribution in [1.82, 2.24) is 5.32 Å². The summed E-state index contributed by atoms with van der Waals surface area (Å²) in [7, 11) is 0. The van der Waals surface area contributed by atoms with E-state index in [0.717, 1.165) is 27.5 Å². The molecule has 0 saturated heterocycles. The maximum Gasteiger partial charge on any atom is 0.129 e. The highest BCUT2D eigenvalue weighted by Gasteiger charge is 2.20. The largest absolute Gasteiger partial charge is 0.306 e. The van der Waals surface area contributed by atoms with Crippen LogP contribution < -0.4 is 5.32 Å². The van der Waals surface area contributed by atoms with Crippen molar-refractivity contribution < 1.29 is 4.39 Å². The first-order valence-electron chi connectivity index (χ1n) is 6.03. The molecule has 0 saturated carbocycles. The maximum atomic E-state index is 14.2. The van der Waals surface area contributed by atoms with Crippen molar-refractivity contribution in [3.05, 3.63) is 54.8 Å². The van der Waals surface area contributed by atoms with Gasteiger partial charge in [-0.3, -0.25) is 0 Å². The molecule has 2 rings (SSSR count). The molecule has 1 N–H and O–H groups in total. The van der Waals surface area contributed by atoms with Crippen LogP contribution in [0.25, 0.3) is 0 Å². The number of nitrogens with one attached hydrogen (secondary N) is 1. The molecule has 5 heteroatoms. The molecule has 0 aliphatic rings. The Balaban J connectivity index is 2.40. The molecule has 0 aliphatic carbocycles. The van der Waals surface area contributed by atoms with E-state index in [1.54, 1.807) is 11.3 Å². The van der Waals surface area contributed by atoms with Crippen LogP contribution in [0.1, 0.15) is 30.5 Å². The Kier molecular flexibility index (Phi) is 5.57. The molecule has 1 nitrogen and oxygen atoms in total. The van der Waals surface area contributed by atoms with Gasteiger partial charge in [0, 0.05) is 19.9 Å². The average molecular weight is 407 g/mol. The summed E-state index contributed by atoms with van der Waals surface area (Å²) in [6, 6.07) is 5.10. The SMILES string of the molecule is CCCNC(c1ccc(Br)cc1F)c1cscc1Br. The molecule has 102 valence electrons. The molecular formula is C14H14Br2FNS. The average Bonchev–Trinajstić information content (AvgIpc) is 2.78. The maximum absolute atomic E-state index is 14.2. The van der Waals surface area contributed by atoms with Gasteiger partial charge in [0.15, 0.2) is 0 Å². The number of hydrogen-bond acceptors (Lipinski definition) is 2. The minimum Gasteiger partial charge on any atom is -0.306 e. The number of hydrogen-bond donors (Lipinski definition) is 1. The topological polar surface area (TPSA) is 12.0 Å². The van der Waals surface area contributed by atoms with Crippen LogP contribution in [0, 0.1) is 5.82 Å². The number of halogens is 3. The fraction of sp³-hybridized carbons (Fsp3) is 0.286. The minimum absolute atomic E-state index is 0.117. The highest BCUT2D eigenvalue weighted by Crippen LogP contribution is 2.33. The molecule has 0 bridgehead atoms. The highest BCUT2D eigenvalue weighted by molar-refractivity contribution is 9.10. The van der Waals surface area contributed by atoms with E-state index in [-0.39, 0.29) is 11.9 Å². The van der Waals surface area contributed by atoms with Gasteiger partial charge in [0.05, 0.1) is 6.04 Å². The first-order valence-corrected chi connectivity index (χ1v) is 8.56. The third-order valence-electron chi connectivity index (χ3n) is 2.83. The van der Waals surface area contributed by atoms with E-state index in [2.05, 4.69) is 49.5 Å². The molecule has 1 heterocycles. The summed E-state index contributed by atoms with van der Waals surface area (Å²) in [5.74, 6) is -0.193. The number of benzene rings is 1. The monoisotopic (exact) mass is 405 g/mol. The van der Waals surface area contributed by atoms with Crippen molar-refractivity contribution in [2.24, 2.45) is 0 Å². The van der Waals surface area contributed by atoms with Crippen molar-refractivity contribution in [3.63, 3.8) is 0 Å². The molecule has 0 amide bonds. The molecule has 2 aromatic rings. The quantitative estimate of drug-likeness (QED) is 0.690. The van der Waals surface area contributed by atoms with Crippen molar-refractivity contribution in [2.75, 3.05) is 6.54 Å². The van der Waals surface area contributed by atoms with Crippen LogP contribution in [-0.2, 0) is 0 Å². The summed E-state index contributed by atoms with van der Waals surface area (Å²) in [5.41, 5.74) is 1.76. The van der Waals surface area contributed by atoms with E-state index in [1.807, 2.05) is 17.5 Å². The summed E-state index contributed by atoms with van der Waals surface area (Å²) in [5, 5.41) is 7.49. The van der Waals surface area contributed by atoms with Gasteiger partial charge in [-0.25, -0.2) is 4.39 Å². The summed E-state index contributed by atoms with van der Waals surface area (Å²) < 4.78 is 15.9. The zero-order chi connectivity index (χ0) is 13.8. The Morgan fingerprint density at radius 1 is 1.26 bits per heavy atom. The molecule has 1 atom stereocenters. The molecule has 0 fully saturated rings. The standard InChI is InChI=1S/C14H14Br2FNS/c1-2-5-18-14(11-7-19-8-12(11)16)10-4-3-9(15)6-13(10)17/h3-4,6-8,14,18H,2,5H2,1H3. The van der Waals surface area contributed by atoms with Crippen LogP contribution in [0.3, 0.4) is 0 Å². The van der Waals surface area contributed by atoms with Gasteiger partial charge in [-0.1, -0.05) is 28.9 Å². The summed E-state index contributed by atoms with van der Waals surface area (Å²) in [6.45, 7) is 2.95. The van der Waals surface area contributed by atoms with Crippen LogP contribution in [-0.4, -0.2) is 6.54 Å². The second-order valence-corrected chi connectivity index (χ2v) is 6.74. The normalized spacial score (nSPS) is 12.6. The summed E-state index contributed by atoms with van der Waals surface area (Å²) >= 11 is 8.44. The lowest BCUT2D eigenvalue weighted by Crippen LogP contribution is -2.24. The first kappa shape index (κ1) is 15.2. The van der Waals surface area contributed by atoms with Crippen molar-refractivity contribution in [1.29, 1.82) is 0 Å². The van der Waals surface area contributed by atoms with Gasteiger partial charge >= 0.3 is 0 Å². The van der Waals surface area contributed by atoms with E-state index in [9.17, 15) is 4.39 Å².